The lowest BCUT2D eigenvalue weighted by atomic mass is 9.85. The topological polar surface area (TPSA) is 0 Å². The average molecular weight is 413 g/mol. The molecule has 2 atom stereocenters. The Hall–Kier alpha value is -1.70. The number of halogens is 2. The van der Waals surface area contributed by atoms with E-state index < -0.39 is 11.6 Å². The van der Waals surface area contributed by atoms with Gasteiger partial charge in [-0.3, -0.25) is 0 Å². The first kappa shape index (κ1) is 23.0. The molecule has 0 aliphatic heterocycles. The molecule has 0 saturated heterocycles. The van der Waals surface area contributed by atoms with Crippen LogP contribution in [-0.4, -0.2) is 0 Å². The van der Waals surface area contributed by atoms with Crippen LogP contribution in [0.2, 0.25) is 0 Å². The number of hydrogen-bond acceptors (Lipinski definition) is 0. The van der Waals surface area contributed by atoms with Crippen LogP contribution < -0.4 is 0 Å². The highest BCUT2D eigenvalue weighted by Gasteiger charge is 2.19. The van der Waals surface area contributed by atoms with Crippen molar-refractivity contribution in [2.24, 2.45) is 11.8 Å². The van der Waals surface area contributed by atoms with Crippen molar-refractivity contribution in [3.05, 3.63) is 64.8 Å². The molecule has 3 rings (SSSR count). The Balaban J connectivity index is 1.52. The van der Waals surface area contributed by atoms with Gasteiger partial charge < -0.3 is 0 Å². The van der Waals surface area contributed by atoms with E-state index >= 15 is 0 Å². The standard InChI is InChI=1S/C28H38F2/c1-3-5-8-22-11-13-23(14-12-22)9-6-7-10-25-19-20-26(28(30)27(25)29)24-17-15-21(4-2)16-18-24/h6,9,11,17,19-21,23H,3-5,7-8,10,12-16,18H2,1-2H3/b9-6+. The molecular formula is C28H38F2. The first-order chi connectivity index (χ1) is 14.6. The van der Waals surface area contributed by atoms with Crippen molar-refractivity contribution >= 4 is 5.57 Å². The molecule has 0 heterocycles. The number of aryl methyl sites for hydroxylation is 1. The molecule has 0 saturated carbocycles. The normalized spacial score (nSPS) is 22.3. The number of rotatable bonds is 9. The van der Waals surface area contributed by atoms with Crippen molar-refractivity contribution in [1.29, 1.82) is 0 Å². The molecule has 0 spiro atoms. The molecule has 2 aliphatic rings. The quantitative estimate of drug-likeness (QED) is 0.355. The van der Waals surface area contributed by atoms with E-state index in [4.69, 9.17) is 0 Å². The number of allylic oxidation sites excluding steroid dienone is 6. The van der Waals surface area contributed by atoms with E-state index in [0.717, 1.165) is 44.1 Å². The number of benzene rings is 1. The lowest BCUT2D eigenvalue weighted by Gasteiger charge is -2.21. The van der Waals surface area contributed by atoms with Crippen molar-refractivity contribution < 1.29 is 8.78 Å². The summed E-state index contributed by atoms with van der Waals surface area (Å²) in [5, 5.41) is 0. The molecule has 0 bridgehead atoms. The molecule has 2 heteroatoms. The van der Waals surface area contributed by atoms with E-state index in [1.165, 1.54) is 32.1 Å². The van der Waals surface area contributed by atoms with Gasteiger partial charge in [0.2, 0.25) is 0 Å². The molecule has 2 aliphatic carbocycles. The smallest absolute Gasteiger partial charge is 0.166 e. The maximum absolute atomic E-state index is 14.7. The average Bonchev–Trinajstić information content (AvgIpc) is 2.79. The van der Waals surface area contributed by atoms with Crippen molar-refractivity contribution in [2.75, 3.05) is 0 Å². The van der Waals surface area contributed by atoms with Gasteiger partial charge in [-0.25, -0.2) is 8.78 Å². The Morgan fingerprint density at radius 3 is 2.50 bits per heavy atom. The lowest BCUT2D eigenvalue weighted by molar-refractivity contribution is 0.466. The first-order valence-corrected chi connectivity index (χ1v) is 12.1. The van der Waals surface area contributed by atoms with Gasteiger partial charge in [0.25, 0.3) is 0 Å². The molecule has 0 amide bonds. The molecule has 164 valence electrons. The summed E-state index contributed by atoms with van der Waals surface area (Å²) in [6.07, 6.45) is 21.7. The minimum atomic E-state index is -0.658. The number of unbranched alkanes of at least 4 members (excludes halogenated alkanes) is 1. The molecule has 1 aromatic carbocycles. The van der Waals surface area contributed by atoms with Crippen LogP contribution in [0.25, 0.3) is 5.57 Å². The summed E-state index contributed by atoms with van der Waals surface area (Å²) >= 11 is 0. The van der Waals surface area contributed by atoms with Gasteiger partial charge in [0.1, 0.15) is 0 Å². The van der Waals surface area contributed by atoms with Gasteiger partial charge in [0.15, 0.2) is 11.6 Å². The predicted octanol–water partition coefficient (Wildman–Crippen LogP) is 8.96. The third-order valence-electron chi connectivity index (χ3n) is 6.99. The van der Waals surface area contributed by atoms with Crippen LogP contribution >= 0.6 is 0 Å². The third kappa shape index (κ3) is 6.15. The molecule has 0 N–H and O–H groups in total. The Morgan fingerprint density at radius 2 is 1.83 bits per heavy atom. The summed E-state index contributed by atoms with van der Waals surface area (Å²) in [7, 11) is 0. The van der Waals surface area contributed by atoms with E-state index in [1.54, 1.807) is 17.7 Å². The van der Waals surface area contributed by atoms with Crippen LogP contribution in [-0.2, 0) is 6.42 Å². The highest BCUT2D eigenvalue weighted by Crippen LogP contribution is 2.34. The largest absolute Gasteiger partial charge is 0.203 e. The van der Waals surface area contributed by atoms with Gasteiger partial charge in [-0.1, -0.05) is 68.7 Å². The van der Waals surface area contributed by atoms with Crippen molar-refractivity contribution in [2.45, 2.75) is 90.9 Å². The Bertz CT molecular complexity index is 784. The monoisotopic (exact) mass is 412 g/mol. The zero-order chi connectivity index (χ0) is 21.3. The van der Waals surface area contributed by atoms with E-state index in [-0.39, 0.29) is 0 Å². The summed E-state index contributed by atoms with van der Waals surface area (Å²) in [4.78, 5) is 0. The SMILES string of the molecule is CCCCC1=CCC(/C=C/CCc2ccc(C3=CCC(CC)CC3)c(F)c2F)CC1. The fourth-order valence-corrected chi connectivity index (χ4v) is 4.78. The van der Waals surface area contributed by atoms with Crippen LogP contribution in [0, 0.1) is 23.5 Å². The fraction of sp³-hybridized carbons (Fsp3) is 0.571. The van der Waals surface area contributed by atoms with Crippen LogP contribution in [0.3, 0.4) is 0 Å². The fourth-order valence-electron chi connectivity index (χ4n) is 4.78. The minimum absolute atomic E-state index is 0.467. The molecule has 1 aromatic rings. The van der Waals surface area contributed by atoms with Gasteiger partial charge in [-0.05, 0) is 87.2 Å². The van der Waals surface area contributed by atoms with Gasteiger partial charge >= 0.3 is 0 Å². The van der Waals surface area contributed by atoms with Gasteiger partial charge in [-0.15, -0.1) is 0 Å². The number of hydrogen-bond donors (Lipinski definition) is 0. The van der Waals surface area contributed by atoms with E-state index in [1.807, 2.05) is 0 Å². The second-order valence-corrected chi connectivity index (χ2v) is 9.15. The molecule has 0 radical (unpaired) electrons. The first-order valence-electron chi connectivity index (χ1n) is 12.1. The maximum Gasteiger partial charge on any atom is 0.166 e. The minimum Gasteiger partial charge on any atom is -0.203 e. The molecule has 2 unspecified atom stereocenters. The Morgan fingerprint density at radius 1 is 0.967 bits per heavy atom. The Kier molecular flexibility index (Phi) is 8.90. The highest BCUT2D eigenvalue weighted by atomic mass is 19.2. The van der Waals surface area contributed by atoms with Crippen LogP contribution in [0.15, 0.2) is 42.0 Å². The molecule has 0 nitrogen and oxygen atoms in total. The zero-order valence-corrected chi connectivity index (χ0v) is 18.9. The highest BCUT2D eigenvalue weighted by molar-refractivity contribution is 5.67. The third-order valence-corrected chi connectivity index (χ3v) is 6.99. The van der Waals surface area contributed by atoms with Gasteiger partial charge in [-0.2, -0.15) is 0 Å². The molecule has 30 heavy (non-hydrogen) atoms. The van der Waals surface area contributed by atoms with Crippen LogP contribution in [0.1, 0.15) is 95.6 Å². The second kappa shape index (κ2) is 11.6. The molecule has 0 aromatic heterocycles. The van der Waals surface area contributed by atoms with E-state index in [9.17, 15) is 8.78 Å². The van der Waals surface area contributed by atoms with Crippen molar-refractivity contribution in [3.8, 4) is 0 Å². The second-order valence-electron chi connectivity index (χ2n) is 9.15. The van der Waals surface area contributed by atoms with E-state index in [0.29, 0.717) is 29.4 Å². The van der Waals surface area contributed by atoms with Crippen LogP contribution in [0.4, 0.5) is 8.78 Å². The summed E-state index contributed by atoms with van der Waals surface area (Å²) < 4.78 is 29.4. The zero-order valence-electron chi connectivity index (χ0n) is 18.9. The van der Waals surface area contributed by atoms with Crippen LogP contribution in [0.5, 0.6) is 0 Å². The summed E-state index contributed by atoms with van der Waals surface area (Å²) in [6.45, 7) is 4.44. The summed E-state index contributed by atoms with van der Waals surface area (Å²) in [5.41, 5.74) is 3.56. The molecule has 0 fully saturated rings. The lowest BCUT2D eigenvalue weighted by Crippen LogP contribution is -2.06. The molecular weight excluding hydrogens is 374 g/mol. The van der Waals surface area contributed by atoms with Gasteiger partial charge in [0, 0.05) is 5.56 Å². The summed E-state index contributed by atoms with van der Waals surface area (Å²) in [5.74, 6) is -0.0184. The Labute approximate surface area is 182 Å². The van der Waals surface area contributed by atoms with Crippen molar-refractivity contribution in [3.63, 3.8) is 0 Å². The summed E-state index contributed by atoms with van der Waals surface area (Å²) in [6, 6.07) is 3.58. The van der Waals surface area contributed by atoms with Crippen molar-refractivity contribution in [1.82, 2.24) is 0 Å². The van der Waals surface area contributed by atoms with Gasteiger partial charge in [0.05, 0.1) is 0 Å². The van der Waals surface area contributed by atoms with E-state index in [2.05, 4.69) is 38.2 Å². The maximum atomic E-state index is 14.7. The predicted molar refractivity (Wildman–Crippen MR) is 124 cm³/mol.